The molecule has 2 heterocycles. The van der Waals surface area contributed by atoms with Gasteiger partial charge >= 0.3 is 0 Å². The van der Waals surface area contributed by atoms with Gasteiger partial charge < -0.3 is 5.32 Å². The minimum atomic E-state index is -0.0939. The molecule has 6 heteroatoms. The standard InChI is InChI=1S/C17H23BrN4O/c1-17(2,3)22-8-6-12(7-9-22)19-16(23)15-13-10-11(18)4-5-14(13)20-21-15/h4-5,10,12H,6-9H2,1-3H3,(H,19,23)(H,20,21). The number of amides is 1. The Labute approximate surface area is 144 Å². The third kappa shape index (κ3) is 3.58. The Kier molecular flexibility index (Phi) is 4.47. The number of halogens is 1. The number of benzene rings is 1. The second kappa shape index (κ2) is 6.24. The van der Waals surface area contributed by atoms with E-state index < -0.39 is 0 Å². The highest BCUT2D eigenvalue weighted by molar-refractivity contribution is 9.10. The van der Waals surface area contributed by atoms with Gasteiger partial charge in [0.15, 0.2) is 5.69 Å². The summed E-state index contributed by atoms with van der Waals surface area (Å²) in [5.74, 6) is -0.0939. The number of hydrogen-bond donors (Lipinski definition) is 2. The summed E-state index contributed by atoms with van der Waals surface area (Å²) in [5, 5.41) is 11.1. The van der Waals surface area contributed by atoms with Gasteiger partial charge in [0.25, 0.3) is 5.91 Å². The van der Waals surface area contributed by atoms with Crippen molar-refractivity contribution in [3.05, 3.63) is 28.4 Å². The Hall–Kier alpha value is -1.40. The van der Waals surface area contributed by atoms with Gasteiger partial charge in [-0.3, -0.25) is 14.8 Å². The third-order valence-electron chi connectivity index (χ3n) is 4.52. The normalized spacial score (nSPS) is 17.6. The maximum Gasteiger partial charge on any atom is 0.272 e. The molecule has 0 atom stereocenters. The fraction of sp³-hybridized carbons (Fsp3) is 0.529. The number of nitrogens with one attached hydrogen (secondary N) is 2. The van der Waals surface area contributed by atoms with E-state index >= 15 is 0 Å². The van der Waals surface area contributed by atoms with Crippen LogP contribution in [0.15, 0.2) is 22.7 Å². The zero-order valence-corrected chi connectivity index (χ0v) is 15.4. The van der Waals surface area contributed by atoms with Crippen LogP contribution < -0.4 is 5.32 Å². The van der Waals surface area contributed by atoms with E-state index in [4.69, 9.17) is 0 Å². The van der Waals surface area contributed by atoms with Crippen molar-refractivity contribution in [1.82, 2.24) is 20.4 Å². The van der Waals surface area contributed by atoms with Crippen LogP contribution in [0, 0.1) is 0 Å². The summed E-state index contributed by atoms with van der Waals surface area (Å²) in [5.41, 5.74) is 1.54. The van der Waals surface area contributed by atoms with Gasteiger partial charge in [-0.05, 0) is 51.8 Å². The highest BCUT2D eigenvalue weighted by Crippen LogP contribution is 2.23. The van der Waals surface area contributed by atoms with Crippen LogP contribution in [0.3, 0.4) is 0 Å². The number of H-pyrrole nitrogens is 1. The lowest BCUT2D eigenvalue weighted by Crippen LogP contribution is -2.50. The molecule has 3 rings (SSSR count). The number of hydrogen-bond acceptors (Lipinski definition) is 3. The van der Waals surface area contributed by atoms with Crippen molar-refractivity contribution < 1.29 is 4.79 Å². The second-order valence-electron chi connectivity index (χ2n) is 7.17. The second-order valence-corrected chi connectivity index (χ2v) is 8.08. The molecule has 0 aliphatic carbocycles. The molecule has 23 heavy (non-hydrogen) atoms. The van der Waals surface area contributed by atoms with Crippen LogP contribution in [0.4, 0.5) is 0 Å². The topological polar surface area (TPSA) is 61.0 Å². The van der Waals surface area contributed by atoms with E-state index in [1.54, 1.807) is 0 Å². The molecule has 1 aliphatic heterocycles. The van der Waals surface area contributed by atoms with Crippen molar-refractivity contribution in [2.24, 2.45) is 0 Å². The quantitative estimate of drug-likeness (QED) is 0.842. The number of carbonyl (C=O) groups excluding carboxylic acids is 1. The van der Waals surface area contributed by atoms with Crippen LogP contribution in [0.5, 0.6) is 0 Å². The molecule has 0 spiro atoms. The molecule has 2 N–H and O–H groups in total. The van der Waals surface area contributed by atoms with Crippen LogP contribution in [-0.2, 0) is 0 Å². The maximum absolute atomic E-state index is 12.6. The van der Waals surface area contributed by atoms with Crippen LogP contribution in [0.2, 0.25) is 0 Å². The lowest BCUT2D eigenvalue weighted by molar-refractivity contribution is 0.0810. The Morgan fingerprint density at radius 2 is 2.04 bits per heavy atom. The van der Waals surface area contributed by atoms with Crippen molar-refractivity contribution in [1.29, 1.82) is 0 Å². The summed E-state index contributed by atoms with van der Waals surface area (Å²) in [4.78, 5) is 15.0. The van der Waals surface area contributed by atoms with E-state index in [2.05, 4.69) is 57.1 Å². The SMILES string of the molecule is CC(C)(C)N1CCC(NC(=O)c2n[nH]c3ccc(Br)cc23)CC1. The summed E-state index contributed by atoms with van der Waals surface area (Å²) in [6, 6.07) is 6.01. The van der Waals surface area contributed by atoms with Crippen LogP contribution in [0.25, 0.3) is 10.9 Å². The average molecular weight is 379 g/mol. The first-order chi connectivity index (χ1) is 10.8. The fourth-order valence-electron chi connectivity index (χ4n) is 3.11. The molecule has 0 unspecified atom stereocenters. The van der Waals surface area contributed by atoms with Crippen molar-refractivity contribution in [2.75, 3.05) is 13.1 Å². The average Bonchev–Trinajstić information content (AvgIpc) is 2.90. The third-order valence-corrected chi connectivity index (χ3v) is 5.01. The number of rotatable bonds is 2. The van der Waals surface area contributed by atoms with Crippen molar-refractivity contribution in [2.45, 2.75) is 45.2 Å². The maximum atomic E-state index is 12.6. The monoisotopic (exact) mass is 378 g/mol. The minimum absolute atomic E-state index is 0.0939. The van der Waals surface area contributed by atoms with E-state index in [0.29, 0.717) is 5.69 Å². The lowest BCUT2D eigenvalue weighted by Gasteiger charge is -2.40. The first-order valence-corrected chi connectivity index (χ1v) is 8.83. The molecule has 1 fully saturated rings. The van der Waals surface area contributed by atoms with E-state index in [1.807, 2.05) is 18.2 Å². The van der Waals surface area contributed by atoms with Crippen LogP contribution >= 0.6 is 15.9 Å². The number of fused-ring (bicyclic) bond motifs is 1. The zero-order chi connectivity index (χ0) is 16.6. The molecule has 0 radical (unpaired) electrons. The number of carbonyl (C=O) groups is 1. The van der Waals surface area contributed by atoms with Gasteiger partial charge in [-0.25, -0.2) is 0 Å². The minimum Gasteiger partial charge on any atom is -0.348 e. The summed E-state index contributed by atoms with van der Waals surface area (Å²) in [6.07, 6.45) is 1.96. The number of aromatic amines is 1. The molecular formula is C17H23BrN4O. The molecular weight excluding hydrogens is 356 g/mol. The van der Waals surface area contributed by atoms with Gasteiger partial charge in [0, 0.05) is 34.5 Å². The molecule has 0 bridgehead atoms. The van der Waals surface area contributed by atoms with Gasteiger partial charge in [0.1, 0.15) is 0 Å². The van der Waals surface area contributed by atoms with E-state index in [9.17, 15) is 4.79 Å². The summed E-state index contributed by atoms with van der Waals surface area (Å²) >= 11 is 3.45. The molecule has 1 aliphatic rings. The van der Waals surface area contributed by atoms with E-state index in [1.165, 1.54) is 0 Å². The predicted octanol–water partition coefficient (Wildman–Crippen LogP) is 3.32. The molecule has 5 nitrogen and oxygen atoms in total. The fourth-order valence-corrected chi connectivity index (χ4v) is 3.47. The summed E-state index contributed by atoms with van der Waals surface area (Å²) in [6.45, 7) is 8.74. The van der Waals surface area contributed by atoms with Gasteiger partial charge in [-0.2, -0.15) is 5.10 Å². The first-order valence-electron chi connectivity index (χ1n) is 8.04. The smallest absolute Gasteiger partial charge is 0.272 e. The largest absolute Gasteiger partial charge is 0.348 e. The van der Waals surface area contributed by atoms with Gasteiger partial charge in [-0.15, -0.1) is 0 Å². The molecule has 0 saturated carbocycles. The van der Waals surface area contributed by atoms with Crippen molar-refractivity contribution in [3.8, 4) is 0 Å². The molecule has 1 aromatic carbocycles. The Bertz CT molecular complexity index is 711. The molecule has 1 aromatic heterocycles. The highest BCUT2D eigenvalue weighted by Gasteiger charge is 2.28. The van der Waals surface area contributed by atoms with Gasteiger partial charge in [0.05, 0.1) is 5.52 Å². The van der Waals surface area contributed by atoms with E-state index in [0.717, 1.165) is 41.3 Å². The molecule has 1 amide bonds. The Morgan fingerprint density at radius 1 is 1.35 bits per heavy atom. The highest BCUT2D eigenvalue weighted by atomic mass is 79.9. The molecule has 1 saturated heterocycles. The van der Waals surface area contributed by atoms with E-state index in [-0.39, 0.29) is 17.5 Å². The Balaban J connectivity index is 1.67. The van der Waals surface area contributed by atoms with Gasteiger partial charge in [-0.1, -0.05) is 15.9 Å². The van der Waals surface area contributed by atoms with Crippen LogP contribution in [-0.4, -0.2) is 45.7 Å². The summed E-state index contributed by atoms with van der Waals surface area (Å²) < 4.78 is 0.943. The zero-order valence-electron chi connectivity index (χ0n) is 13.8. The lowest BCUT2D eigenvalue weighted by atomic mass is 9.98. The Morgan fingerprint density at radius 3 is 2.70 bits per heavy atom. The number of aromatic nitrogens is 2. The van der Waals surface area contributed by atoms with Gasteiger partial charge in [0.2, 0.25) is 0 Å². The predicted molar refractivity (Wildman–Crippen MR) is 95.6 cm³/mol. The summed E-state index contributed by atoms with van der Waals surface area (Å²) in [7, 11) is 0. The first kappa shape index (κ1) is 16.5. The number of piperidine rings is 1. The van der Waals surface area contributed by atoms with Crippen molar-refractivity contribution >= 4 is 32.7 Å². The molecule has 124 valence electrons. The van der Waals surface area contributed by atoms with Crippen molar-refractivity contribution in [3.63, 3.8) is 0 Å². The number of nitrogens with zero attached hydrogens (tertiary/aromatic N) is 2. The van der Waals surface area contributed by atoms with Crippen LogP contribution in [0.1, 0.15) is 44.1 Å². The molecule has 2 aromatic rings. The number of likely N-dealkylation sites (tertiary alicyclic amines) is 1.